The highest BCUT2D eigenvalue weighted by Crippen LogP contribution is 2.22. The van der Waals surface area contributed by atoms with Gasteiger partial charge in [-0.2, -0.15) is 13.2 Å². The Morgan fingerprint density at radius 2 is 1.76 bits per heavy atom. The number of aryl methyl sites for hydroxylation is 1. The van der Waals surface area contributed by atoms with Gasteiger partial charge >= 0.3 is 12.1 Å². The van der Waals surface area contributed by atoms with E-state index in [1.54, 1.807) is 0 Å². The molecule has 0 heterocycles. The van der Waals surface area contributed by atoms with Crippen molar-refractivity contribution in [1.29, 1.82) is 0 Å². The van der Waals surface area contributed by atoms with Gasteiger partial charge in [-0.3, -0.25) is 4.79 Å². The number of alkyl halides is 4. The maximum atomic E-state index is 12.4. The summed E-state index contributed by atoms with van der Waals surface area (Å²) < 4.78 is 48.5. The van der Waals surface area contributed by atoms with Gasteiger partial charge < -0.3 is 10.4 Å². The van der Waals surface area contributed by atoms with Crippen molar-refractivity contribution >= 4 is 11.9 Å². The molecule has 1 aromatic rings. The molecule has 2 N–H and O–H groups in total. The molecule has 0 saturated heterocycles. The molecule has 0 aromatic heterocycles. The minimum absolute atomic E-state index is 0.0467. The van der Waals surface area contributed by atoms with E-state index in [4.69, 9.17) is 5.11 Å². The Morgan fingerprint density at radius 1 is 1.19 bits per heavy atom. The molecule has 1 unspecified atom stereocenters. The van der Waals surface area contributed by atoms with Crippen molar-refractivity contribution in [2.45, 2.75) is 25.1 Å². The lowest BCUT2D eigenvalue weighted by atomic mass is 10.1. The summed E-state index contributed by atoms with van der Waals surface area (Å²) in [4.78, 5) is 22.2. The summed E-state index contributed by atoms with van der Waals surface area (Å²) in [6.45, 7) is -1.26. The molecule has 0 aliphatic carbocycles. The van der Waals surface area contributed by atoms with Gasteiger partial charge in [-0.05, 0) is 24.1 Å². The second-order valence-corrected chi connectivity index (χ2v) is 4.33. The topological polar surface area (TPSA) is 66.4 Å². The average Bonchev–Trinajstić information content (AvgIpc) is 2.41. The molecular formula is C13H13F4NO3. The number of hydrogen-bond donors (Lipinski definition) is 2. The van der Waals surface area contributed by atoms with E-state index in [9.17, 15) is 27.2 Å². The van der Waals surface area contributed by atoms with Gasteiger partial charge in [-0.25, -0.2) is 9.18 Å². The third kappa shape index (κ3) is 5.80. The van der Waals surface area contributed by atoms with Crippen molar-refractivity contribution in [3.8, 4) is 0 Å². The van der Waals surface area contributed by atoms with Crippen molar-refractivity contribution in [3.63, 3.8) is 0 Å². The smallest absolute Gasteiger partial charge is 0.389 e. The lowest BCUT2D eigenvalue weighted by molar-refractivity contribution is -0.139. The molecule has 0 bridgehead atoms. The first-order valence-corrected chi connectivity index (χ1v) is 5.98. The fourth-order valence-electron chi connectivity index (χ4n) is 1.52. The van der Waals surface area contributed by atoms with E-state index in [1.165, 1.54) is 24.3 Å². The van der Waals surface area contributed by atoms with E-state index in [-0.39, 0.29) is 12.0 Å². The van der Waals surface area contributed by atoms with Gasteiger partial charge in [0, 0.05) is 12.0 Å². The van der Waals surface area contributed by atoms with Gasteiger partial charge in [0.1, 0.15) is 6.67 Å². The fourth-order valence-corrected chi connectivity index (χ4v) is 1.52. The van der Waals surface area contributed by atoms with Crippen LogP contribution in [0.25, 0.3) is 0 Å². The van der Waals surface area contributed by atoms with Crippen LogP contribution >= 0.6 is 0 Å². The molecule has 4 nitrogen and oxygen atoms in total. The zero-order valence-corrected chi connectivity index (χ0v) is 10.8. The van der Waals surface area contributed by atoms with E-state index < -0.39 is 37.2 Å². The Balaban J connectivity index is 2.65. The number of halogens is 4. The number of hydrogen-bond acceptors (Lipinski definition) is 2. The highest BCUT2D eigenvalue weighted by atomic mass is 19.4. The van der Waals surface area contributed by atoms with Crippen molar-refractivity contribution in [1.82, 2.24) is 5.32 Å². The van der Waals surface area contributed by atoms with Crippen molar-refractivity contribution < 1.29 is 32.3 Å². The van der Waals surface area contributed by atoms with Crippen molar-refractivity contribution in [2.24, 2.45) is 0 Å². The molecule has 1 rings (SSSR count). The molecule has 0 aliphatic rings. The summed E-state index contributed by atoms with van der Waals surface area (Å²) in [6, 6.07) is 3.55. The van der Waals surface area contributed by atoms with Gasteiger partial charge in [-0.1, -0.05) is 12.1 Å². The number of nitrogens with one attached hydrogen (secondary N) is 1. The monoisotopic (exact) mass is 307 g/mol. The van der Waals surface area contributed by atoms with Crippen molar-refractivity contribution in [3.05, 3.63) is 35.4 Å². The number of carboxylic acid groups (broad SMARTS) is 1. The lowest BCUT2D eigenvalue weighted by Crippen LogP contribution is -2.42. The highest BCUT2D eigenvalue weighted by Gasteiger charge is 2.26. The van der Waals surface area contributed by atoms with E-state index in [1.807, 2.05) is 5.32 Å². The molecule has 0 fully saturated rings. The van der Waals surface area contributed by atoms with Gasteiger partial charge in [0.05, 0.1) is 0 Å². The molecule has 0 saturated carbocycles. The zero-order chi connectivity index (χ0) is 16.0. The SMILES string of the molecule is O=C(NC(CF)C(=O)O)c1ccc(CCC(F)(F)F)cc1. The van der Waals surface area contributed by atoms with Gasteiger partial charge in [0.15, 0.2) is 6.04 Å². The van der Waals surface area contributed by atoms with Crippen LogP contribution < -0.4 is 5.32 Å². The number of amides is 1. The zero-order valence-electron chi connectivity index (χ0n) is 10.8. The molecule has 8 heteroatoms. The molecular weight excluding hydrogens is 294 g/mol. The summed E-state index contributed by atoms with van der Waals surface area (Å²) in [5, 5.41) is 10.6. The lowest BCUT2D eigenvalue weighted by Gasteiger charge is -2.11. The molecule has 0 aliphatic heterocycles. The molecule has 1 atom stereocenters. The summed E-state index contributed by atoms with van der Waals surface area (Å²) in [7, 11) is 0. The van der Waals surface area contributed by atoms with Gasteiger partial charge in [-0.15, -0.1) is 0 Å². The molecule has 116 valence electrons. The second-order valence-electron chi connectivity index (χ2n) is 4.33. The third-order valence-corrected chi connectivity index (χ3v) is 2.67. The Kier molecular flexibility index (Phi) is 5.69. The van der Waals surface area contributed by atoms with Crippen LogP contribution in [0.5, 0.6) is 0 Å². The van der Waals surface area contributed by atoms with Crippen LogP contribution in [-0.2, 0) is 11.2 Å². The average molecular weight is 307 g/mol. The molecule has 21 heavy (non-hydrogen) atoms. The number of rotatable bonds is 6. The summed E-state index contributed by atoms with van der Waals surface area (Å²) in [5.74, 6) is -2.31. The molecule has 0 radical (unpaired) electrons. The van der Waals surface area contributed by atoms with Crippen LogP contribution in [0.4, 0.5) is 17.6 Å². The Hall–Kier alpha value is -2.12. The minimum atomic E-state index is -4.26. The first-order valence-electron chi connectivity index (χ1n) is 5.98. The van der Waals surface area contributed by atoms with Crippen LogP contribution in [0.15, 0.2) is 24.3 Å². The number of carbonyl (C=O) groups excluding carboxylic acids is 1. The van der Waals surface area contributed by atoms with Crippen molar-refractivity contribution in [2.75, 3.05) is 6.67 Å². The number of benzene rings is 1. The standard InChI is InChI=1S/C13H13F4NO3/c14-7-10(12(20)21)18-11(19)9-3-1-8(2-4-9)5-6-13(15,16)17/h1-4,10H,5-7H2,(H,18,19)(H,20,21). The molecule has 1 aromatic carbocycles. The summed E-state index contributed by atoms with van der Waals surface area (Å²) >= 11 is 0. The van der Waals surface area contributed by atoms with Crippen LogP contribution in [0.3, 0.4) is 0 Å². The normalized spacial score (nSPS) is 12.8. The maximum absolute atomic E-state index is 12.4. The highest BCUT2D eigenvalue weighted by molar-refractivity contribution is 5.96. The van der Waals surface area contributed by atoms with Gasteiger partial charge in [0.2, 0.25) is 0 Å². The quantitative estimate of drug-likeness (QED) is 0.793. The van der Waals surface area contributed by atoms with Crippen LogP contribution in [0.2, 0.25) is 0 Å². The Bertz CT molecular complexity index is 499. The molecule has 0 spiro atoms. The summed E-state index contributed by atoms with van der Waals surface area (Å²) in [6.07, 6.45) is -5.44. The first-order chi connectivity index (χ1) is 9.73. The van der Waals surface area contributed by atoms with E-state index in [2.05, 4.69) is 0 Å². The van der Waals surface area contributed by atoms with Gasteiger partial charge in [0.25, 0.3) is 5.91 Å². The van der Waals surface area contributed by atoms with E-state index in [0.717, 1.165) is 0 Å². The van der Waals surface area contributed by atoms with E-state index in [0.29, 0.717) is 5.56 Å². The fraction of sp³-hybridized carbons (Fsp3) is 0.385. The predicted molar refractivity (Wildman–Crippen MR) is 65.7 cm³/mol. The predicted octanol–water partition coefficient (Wildman–Crippen LogP) is 2.33. The second kappa shape index (κ2) is 7.05. The largest absolute Gasteiger partial charge is 0.480 e. The van der Waals surface area contributed by atoms with E-state index >= 15 is 0 Å². The van der Waals surface area contributed by atoms with Crippen LogP contribution in [0.1, 0.15) is 22.3 Å². The third-order valence-electron chi connectivity index (χ3n) is 2.67. The van der Waals surface area contributed by atoms with Crippen LogP contribution in [0, 0.1) is 0 Å². The minimum Gasteiger partial charge on any atom is -0.480 e. The van der Waals surface area contributed by atoms with Crippen LogP contribution in [-0.4, -0.2) is 35.9 Å². The number of carbonyl (C=O) groups is 2. The Labute approximate surface area is 117 Å². The Morgan fingerprint density at radius 3 is 2.19 bits per heavy atom. The first kappa shape index (κ1) is 16.9. The summed E-state index contributed by atoms with van der Waals surface area (Å²) in [5.41, 5.74) is 0.439. The molecule has 1 amide bonds. The maximum Gasteiger partial charge on any atom is 0.389 e. The number of aliphatic carboxylic acids is 1. The number of carboxylic acids is 1.